The van der Waals surface area contributed by atoms with Crippen LogP contribution in [0.1, 0.15) is 24.9 Å². The predicted molar refractivity (Wildman–Crippen MR) is 115 cm³/mol. The largest absolute Gasteiger partial charge is 0.361 e. The number of fused-ring (bicyclic) bond motifs is 2. The molecule has 0 saturated carbocycles. The minimum Gasteiger partial charge on any atom is -0.361 e. The highest BCUT2D eigenvalue weighted by Gasteiger charge is 2.21. The second-order valence-corrected chi connectivity index (χ2v) is 7.75. The lowest BCUT2D eigenvalue weighted by molar-refractivity contribution is 0.628. The highest BCUT2D eigenvalue weighted by molar-refractivity contribution is 7.15. The number of benzene rings is 1. The number of halogens is 1. The average Bonchev–Trinajstić information content (AvgIpc) is 3.42. The minimum atomic E-state index is -0.343. The number of aromatic nitrogens is 5. The van der Waals surface area contributed by atoms with Crippen molar-refractivity contribution >= 4 is 33.1 Å². The molecule has 4 heterocycles. The SMILES string of the molecule is CCC(Nc1ncnc2nc[nH]c12)c1cc2sccn2c(=O)c1-c1ccc(F)cc1. The molecule has 0 saturated heterocycles. The molecule has 0 aliphatic heterocycles. The molecule has 5 aromatic rings. The van der Waals surface area contributed by atoms with Crippen molar-refractivity contribution in [1.82, 2.24) is 24.3 Å². The summed E-state index contributed by atoms with van der Waals surface area (Å²) in [6.45, 7) is 2.04. The van der Waals surface area contributed by atoms with Gasteiger partial charge >= 0.3 is 0 Å². The summed E-state index contributed by atoms with van der Waals surface area (Å²) in [6, 6.07) is 7.82. The first-order valence-electron chi connectivity index (χ1n) is 9.45. The van der Waals surface area contributed by atoms with E-state index in [2.05, 4.69) is 25.3 Å². The number of thiazole rings is 1. The van der Waals surface area contributed by atoms with Crippen LogP contribution >= 0.6 is 11.3 Å². The molecule has 1 atom stereocenters. The van der Waals surface area contributed by atoms with Crippen molar-refractivity contribution in [2.45, 2.75) is 19.4 Å². The third-order valence-electron chi connectivity index (χ3n) is 5.09. The van der Waals surface area contributed by atoms with Gasteiger partial charge in [0.25, 0.3) is 5.56 Å². The number of hydrogen-bond acceptors (Lipinski definition) is 6. The van der Waals surface area contributed by atoms with Crippen molar-refractivity contribution in [3.8, 4) is 11.1 Å². The van der Waals surface area contributed by atoms with E-state index in [0.717, 1.165) is 10.4 Å². The molecule has 0 amide bonds. The number of pyridine rings is 1. The van der Waals surface area contributed by atoms with Gasteiger partial charge in [-0.25, -0.2) is 19.3 Å². The molecular weight excluding hydrogens is 403 g/mol. The normalized spacial score (nSPS) is 12.5. The lowest BCUT2D eigenvalue weighted by Crippen LogP contribution is -2.21. The zero-order chi connectivity index (χ0) is 20.7. The van der Waals surface area contributed by atoms with Crippen molar-refractivity contribution < 1.29 is 4.39 Å². The first kappa shape index (κ1) is 18.4. The van der Waals surface area contributed by atoms with Crippen LogP contribution in [0, 0.1) is 5.82 Å². The van der Waals surface area contributed by atoms with Crippen molar-refractivity contribution in [3.05, 3.63) is 76.3 Å². The molecule has 0 spiro atoms. The van der Waals surface area contributed by atoms with Gasteiger partial charge in [0.2, 0.25) is 0 Å². The predicted octanol–water partition coefficient (Wildman–Crippen LogP) is 4.40. The van der Waals surface area contributed by atoms with Gasteiger partial charge in [0.05, 0.1) is 17.9 Å². The number of anilines is 1. The van der Waals surface area contributed by atoms with Gasteiger partial charge in [0.1, 0.15) is 22.5 Å². The van der Waals surface area contributed by atoms with E-state index in [1.807, 2.05) is 18.4 Å². The summed E-state index contributed by atoms with van der Waals surface area (Å²) in [6.07, 6.45) is 5.48. The molecule has 0 fully saturated rings. The molecule has 9 heteroatoms. The van der Waals surface area contributed by atoms with E-state index in [0.29, 0.717) is 34.5 Å². The summed E-state index contributed by atoms with van der Waals surface area (Å²) in [7, 11) is 0. The molecule has 30 heavy (non-hydrogen) atoms. The van der Waals surface area contributed by atoms with E-state index in [1.165, 1.54) is 29.8 Å². The van der Waals surface area contributed by atoms with Crippen LogP contribution in [-0.4, -0.2) is 24.3 Å². The van der Waals surface area contributed by atoms with Crippen LogP contribution in [0.2, 0.25) is 0 Å². The molecule has 150 valence electrons. The summed E-state index contributed by atoms with van der Waals surface area (Å²) < 4.78 is 15.1. The second-order valence-electron chi connectivity index (χ2n) is 6.83. The Balaban J connectivity index is 1.69. The van der Waals surface area contributed by atoms with Crippen LogP contribution in [0.3, 0.4) is 0 Å². The maximum atomic E-state index is 13.5. The summed E-state index contributed by atoms with van der Waals surface area (Å²) in [5.74, 6) is 0.269. The van der Waals surface area contributed by atoms with Gasteiger partial charge < -0.3 is 10.3 Å². The Kier molecular flexibility index (Phi) is 4.51. The molecule has 2 N–H and O–H groups in total. The average molecular weight is 420 g/mol. The topological polar surface area (TPSA) is 88.0 Å². The monoisotopic (exact) mass is 420 g/mol. The first-order chi connectivity index (χ1) is 14.7. The molecule has 1 aromatic carbocycles. The van der Waals surface area contributed by atoms with Crippen molar-refractivity contribution in [2.24, 2.45) is 0 Å². The molecule has 0 aliphatic rings. The van der Waals surface area contributed by atoms with Gasteiger partial charge in [-0.15, -0.1) is 11.3 Å². The zero-order valence-corrected chi connectivity index (χ0v) is 16.8. The van der Waals surface area contributed by atoms with Crippen molar-refractivity contribution in [3.63, 3.8) is 0 Å². The maximum absolute atomic E-state index is 13.5. The Hall–Kier alpha value is -3.59. The summed E-state index contributed by atoms with van der Waals surface area (Å²) in [5.41, 5.74) is 3.18. The number of H-pyrrole nitrogens is 1. The van der Waals surface area contributed by atoms with E-state index in [4.69, 9.17) is 0 Å². The number of hydrogen-bond donors (Lipinski definition) is 2. The van der Waals surface area contributed by atoms with Crippen molar-refractivity contribution in [1.29, 1.82) is 0 Å². The fourth-order valence-electron chi connectivity index (χ4n) is 3.63. The third-order valence-corrected chi connectivity index (χ3v) is 5.90. The number of nitrogens with zero attached hydrogens (tertiary/aromatic N) is 4. The van der Waals surface area contributed by atoms with Gasteiger partial charge in [0.15, 0.2) is 11.5 Å². The summed E-state index contributed by atoms with van der Waals surface area (Å²) >= 11 is 1.49. The fraction of sp³-hybridized carbons (Fsp3) is 0.143. The van der Waals surface area contributed by atoms with E-state index in [9.17, 15) is 9.18 Å². The van der Waals surface area contributed by atoms with Crippen LogP contribution in [0.25, 0.3) is 27.1 Å². The lowest BCUT2D eigenvalue weighted by Gasteiger charge is -2.21. The van der Waals surface area contributed by atoms with E-state index >= 15 is 0 Å². The van der Waals surface area contributed by atoms with Crippen LogP contribution < -0.4 is 10.9 Å². The number of imidazole rings is 1. The summed E-state index contributed by atoms with van der Waals surface area (Å²) in [4.78, 5) is 29.9. The van der Waals surface area contributed by atoms with Gasteiger partial charge in [-0.05, 0) is 35.7 Å². The Bertz CT molecular complexity index is 1400. The van der Waals surface area contributed by atoms with Gasteiger partial charge in [-0.1, -0.05) is 19.1 Å². The molecule has 0 aliphatic carbocycles. The molecule has 1 unspecified atom stereocenters. The molecule has 0 bridgehead atoms. The first-order valence-corrected chi connectivity index (χ1v) is 10.3. The quantitative estimate of drug-likeness (QED) is 0.440. The van der Waals surface area contributed by atoms with E-state index < -0.39 is 0 Å². The number of nitrogens with one attached hydrogen (secondary N) is 2. The highest BCUT2D eigenvalue weighted by atomic mass is 32.1. The minimum absolute atomic E-state index is 0.134. The van der Waals surface area contributed by atoms with Crippen LogP contribution in [-0.2, 0) is 0 Å². The highest BCUT2D eigenvalue weighted by Crippen LogP contribution is 2.32. The maximum Gasteiger partial charge on any atom is 0.263 e. The number of rotatable bonds is 5. The molecule has 4 aromatic heterocycles. The standard InChI is InChI=1S/C21H17FN6OS/c1-2-15(27-20-18-19(24-10-23-18)25-11-26-20)14-9-16-28(7-8-30-16)21(29)17(14)12-3-5-13(22)6-4-12/h3-11,15H,2H2,1H3,(H2,23,24,25,26,27). The third kappa shape index (κ3) is 3.03. The summed E-state index contributed by atoms with van der Waals surface area (Å²) in [5, 5.41) is 5.32. The van der Waals surface area contributed by atoms with Gasteiger partial charge in [-0.2, -0.15) is 0 Å². The Labute approximate surface area is 174 Å². The smallest absolute Gasteiger partial charge is 0.263 e. The van der Waals surface area contributed by atoms with E-state index in [1.54, 1.807) is 29.1 Å². The van der Waals surface area contributed by atoms with E-state index in [-0.39, 0.29) is 17.4 Å². The Morgan fingerprint density at radius 1 is 1.23 bits per heavy atom. The second kappa shape index (κ2) is 7.34. The van der Waals surface area contributed by atoms with Gasteiger partial charge in [0, 0.05) is 11.6 Å². The van der Waals surface area contributed by atoms with Crippen LogP contribution in [0.5, 0.6) is 0 Å². The van der Waals surface area contributed by atoms with Crippen LogP contribution in [0.15, 0.2) is 59.4 Å². The van der Waals surface area contributed by atoms with Gasteiger partial charge in [-0.3, -0.25) is 9.20 Å². The zero-order valence-electron chi connectivity index (χ0n) is 16.0. The van der Waals surface area contributed by atoms with Crippen LogP contribution in [0.4, 0.5) is 10.2 Å². The Morgan fingerprint density at radius 3 is 2.87 bits per heavy atom. The fourth-order valence-corrected chi connectivity index (χ4v) is 4.41. The Morgan fingerprint density at radius 2 is 2.07 bits per heavy atom. The van der Waals surface area contributed by atoms with Crippen molar-refractivity contribution in [2.75, 3.05) is 5.32 Å². The molecular formula is C21H17FN6OS. The molecule has 0 radical (unpaired) electrons. The lowest BCUT2D eigenvalue weighted by atomic mass is 9.95. The molecule has 7 nitrogen and oxygen atoms in total. The molecule has 5 rings (SSSR count). The number of aromatic amines is 1.